The minimum Gasteiger partial charge on any atom is -0.134 e. The first-order valence-electron chi connectivity index (χ1n) is 0.676. The molecule has 0 aliphatic heterocycles. The fourth-order valence-electron chi connectivity index (χ4n) is 0. The Morgan fingerprint density at radius 1 is 0.800 bits per heavy atom. The molecule has 0 bridgehead atoms. The van der Waals surface area contributed by atoms with E-state index in [1.807, 2.05) is 0 Å². The zero-order valence-corrected chi connectivity index (χ0v) is 2.85. The fourth-order valence-corrected chi connectivity index (χ4v) is 0. The van der Waals surface area contributed by atoms with Crippen LogP contribution in [0.1, 0.15) is 0 Å². The molecule has 0 rings (SSSR count). The van der Waals surface area contributed by atoms with Gasteiger partial charge in [-0.15, -0.1) is 16.8 Å². The van der Waals surface area contributed by atoms with Gasteiger partial charge in [0.25, 0.3) is 0 Å². The molecular weight excluding hydrogens is 107 g/mol. The van der Waals surface area contributed by atoms with Crippen molar-refractivity contribution in [3.63, 3.8) is 0 Å². The van der Waals surface area contributed by atoms with Gasteiger partial charge in [-0.05, 0) is 0 Å². The topological polar surface area (TPSA) is 0 Å². The van der Waals surface area contributed by atoms with Gasteiger partial charge in [-0.1, -0.05) is 0 Å². The maximum absolute atomic E-state index is 9.80. The van der Waals surface area contributed by atoms with Crippen molar-refractivity contribution < 1.29 is 16.8 Å². The van der Waals surface area contributed by atoms with Gasteiger partial charge in [-0.3, -0.25) is 0 Å². The van der Waals surface area contributed by atoms with Crippen molar-refractivity contribution in [2.45, 2.75) is 0 Å². The predicted molar refractivity (Wildman–Crippen MR) is 11.4 cm³/mol. The van der Waals surface area contributed by atoms with E-state index in [1.165, 1.54) is 0 Å². The Hall–Kier alpha value is 0.150. The molecule has 33 valence electrons. The summed E-state index contributed by atoms with van der Waals surface area (Å²) < 4.78 is 39.2. The van der Waals surface area contributed by atoms with Gasteiger partial charge in [0, 0.05) is 0 Å². The van der Waals surface area contributed by atoms with Crippen molar-refractivity contribution in [1.29, 1.82) is 0 Å². The zero-order chi connectivity index (χ0) is 4.50. The van der Waals surface area contributed by atoms with Gasteiger partial charge in [0.05, 0.1) is 0 Å². The van der Waals surface area contributed by atoms with Gasteiger partial charge in [-0.25, -0.2) is 0 Å². The van der Waals surface area contributed by atoms with Gasteiger partial charge in [0.15, 0.2) is 0 Å². The molecule has 0 aromatic carbocycles. The van der Waals surface area contributed by atoms with Crippen LogP contribution < -0.4 is 0 Å². The van der Waals surface area contributed by atoms with Crippen molar-refractivity contribution >= 4 is 8.51 Å². The van der Waals surface area contributed by atoms with E-state index in [0.29, 0.717) is 0 Å². The molecule has 0 aliphatic carbocycles. The Balaban J connectivity index is 3.02. The molecule has 1 radical (unpaired) electrons. The summed E-state index contributed by atoms with van der Waals surface area (Å²) in [5.74, 6) is 0. The minimum absolute atomic E-state index is 6.39. The highest BCUT2D eigenvalue weighted by molar-refractivity contribution is 7.54. The standard InChI is InChI=1S/F4P/c1-5(2,3)4. The van der Waals surface area contributed by atoms with Crippen molar-refractivity contribution in [3.05, 3.63) is 0 Å². The molecule has 0 aromatic rings. The van der Waals surface area contributed by atoms with Crippen LogP contribution in [0.15, 0.2) is 0 Å². The average molecular weight is 107 g/mol. The van der Waals surface area contributed by atoms with Crippen LogP contribution in [0.25, 0.3) is 0 Å². The summed E-state index contributed by atoms with van der Waals surface area (Å²) in [7, 11) is -6.39. The third kappa shape index (κ3) is 853. The number of rotatable bonds is 0. The lowest BCUT2D eigenvalue weighted by atomic mass is 18.7. The zero-order valence-electron chi connectivity index (χ0n) is 1.96. The summed E-state index contributed by atoms with van der Waals surface area (Å²) >= 11 is 0. The molecular formula is F4P. The Morgan fingerprint density at radius 3 is 0.800 bits per heavy atom. The Kier molecular flexibility index (Phi) is 1.12. The van der Waals surface area contributed by atoms with Crippen LogP contribution in [0.3, 0.4) is 0 Å². The molecule has 0 heterocycles. The molecule has 0 aromatic heterocycles. The van der Waals surface area contributed by atoms with Crippen LogP contribution in [0, 0.1) is 0 Å². The number of hydrogen-bond acceptors (Lipinski definition) is 0. The van der Waals surface area contributed by atoms with Crippen LogP contribution in [0.4, 0.5) is 16.8 Å². The molecule has 0 N–H and O–H groups in total. The van der Waals surface area contributed by atoms with Gasteiger partial charge in [0.2, 0.25) is 0 Å². The van der Waals surface area contributed by atoms with E-state index in [9.17, 15) is 16.8 Å². The SMILES string of the molecule is F[P](F)(F)F. The lowest BCUT2D eigenvalue weighted by Gasteiger charge is -1.82. The monoisotopic (exact) mass is 107 g/mol. The largest absolute Gasteiger partial charge is 0.537 e. The highest BCUT2D eigenvalue weighted by atomic mass is 31.3. The predicted octanol–water partition coefficient (Wildman–Crippen LogP) is 2.54. The Morgan fingerprint density at radius 2 is 0.800 bits per heavy atom. The van der Waals surface area contributed by atoms with E-state index >= 15 is 0 Å². The average Bonchev–Trinajstić information content (AvgIpc) is 0.722. The van der Waals surface area contributed by atoms with Crippen LogP contribution in [-0.2, 0) is 0 Å². The van der Waals surface area contributed by atoms with Crippen molar-refractivity contribution in [1.82, 2.24) is 0 Å². The summed E-state index contributed by atoms with van der Waals surface area (Å²) in [6.07, 6.45) is 0. The molecule has 0 atom stereocenters. The van der Waals surface area contributed by atoms with E-state index in [4.69, 9.17) is 0 Å². The van der Waals surface area contributed by atoms with Crippen LogP contribution in [0.5, 0.6) is 0 Å². The van der Waals surface area contributed by atoms with Crippen LogP contribution in [-0.4, -0.2) is 0 Å². The van der Waals surface area contributed by atoms with Crippen molar-refractivity contribution in [2.75, 3.05) is 0 Å². The van der Waals surface area contributed by atoms with Crippen LogP contribution in [0.2, 0.25) is 0 Å². The quantitative estimate of drug-likeness (QED) is 0.329. The van der Waals surface area contributed by atoms with E-state index in [-0.39, 0.29) is 0 Å². The van der Waals surface area contributed by atoms with Gasteiger partial charge in [-0.2, -0.15) is 0 Å². The maximum atomic E-state index is 9.80. The molecule has 0 nitrogen and oxygen atoms in total. The number of halogens is 4. The highest BCUT2D eigenvalue weighted by Crippen LogP contribution is 2.65. The first-order chi connectivity index (χ1) is 2.00. The molecule has 0 fully saturated rings. The minimum atomic E-state index is -6.39. The van der Waals surface area contributed by atoms with Crippen LogP contribution >= 0.6 is 8.51 Å². The van der Waals surface area contributed by atoms with E-state index in [2.05, 4.69) is 0 Å². The van der Waals surface area contributed by atoms with E-state index in [0.717, 1.165) is 0 Å². The summed E-state index contributed by atoms with van der Waals surface area (Å²) in [5, 5.41) is 0. The summed E-state index contributed by atoms with van der Waals surface area (Å²) in [5.41, 5.74) is 0. The summed E-state index contributed by atoms with van der Waals surface area (Å²) in [6, 6.07) is 0. The summed E-state index contributed by atoms with van der Waals surface area (Å²) in [6.45, 7) is 0. The molecule has 0 spiro atoms. The second-order valence-corrected chi connectivity index (χ2v) is 1.15. The molecule has 0 unspecified atom stereocenters. The summed E-state index contributed by atoms with van der Waals surface area (Å²) in [4.78, 5) is 0. The molecule has 0 aliphatic rings. The fraction of sp³-hybridized carbons (Fsp3) is 0. The first kappa shape index (κ1) is 5.15. The second kappa shape index (κ2) is 1.09. The lowest BCUT2D eigenvalue weighted by Crippen LogP contribution is -1.37. The third-order valence-corrected chi connectivity index (χ3v) is 0. The Labute approximate surface area is 26.6 Å². The first-order valence-corrected chi connectivity index (χ1v) is 2.03. The third-order valence-electron chi connectivity index (χ3n) is 0. The molecule has 5 heavy (non-hydrogen) atoms. The van der Waals surface area contributed by atoms with Gasteiger partial charge >= 0.3 is 8.51 Å². The van der Waals surface area contributed by atoms with E-state index in [1.54, 1.807) is 0 Å². The lowest BCUT2D eigenvalue weighted by molar-refractivity contribution is 0.489. The second-order valence-electron chi connectivity index (χ2n) is 0.383. The van der Waals surface area contributed by atoms with Gasteiger partial charge in [0.1, 0.15) is 0 Å². The number of hydrogen-bond donors (Lipinski definition) is 0. The smallest absolute Gasteiger partial charge is 0.134 e. The van der Waals surface area contributed by atoms with E-state index < -0.39 is 8.51 Å². The maximum Gasteiger partial charge on any atom is 0.537 e. The van der Waals surface area contributed by atoms with Crippen molar-refractivity contribution in [3.8, 4) is 0 Å². The van der Waals surface area contributed by atoms with Crippen molar-refractivity contribution in [2.24, 2.45) is 0 Å². The molecule has 0 amide bonds. The molecule has 0 saturated carbocycles. The van der Waals surface area contributed by atoms with Gasteiger partial charge < -0.3 is 0 Å². The Bertz CT molecular complexity index is 19.1. The highest BCUT2D eigenvalue weighted by Gasteiger charge is 2.23. The molecule has 0 saturated heterocycles. The normalized spacial score (nSPS) is 12.0. The molecule has 5 heteroatoms.